The summed E-state index contributed by atoms with van der Waals surface area (Å²) < 4.78 is 67.9. The van der Waals surface area contributed by atoms with Crippen LogP contribution in [0.25, 0.3) is 0 Å². The number of hydrogen-bond donors (Lipinski definition) is 0. The van der Waals surface area contributed by atoms with Crippen LogP contribution in [0.2, 0.25) is 0 Å². The first-order valence-corrected chi connectivity index (χ1v) is 15.1. The third-order valence-electron chi connectivity index (χ3n) is 3.11. The van der Waals surface area contributed by atoms with E-state index in [2.05, 4.69) is 0 Å². The molecule has 0 rings (SSSR count). The average molecular weight is 477 g/mol. The van der Waals surface area contributed by atoms with E-state index < -0.39 is 39.2 Å². The second-order valence-corrected chi connectivity index (χ2v) is 11.9. The Morgan fingerprint density at radius 1 is 0.571 bits per heavy atom. The molecule has 0 heterocycles. The van der Waals surface area contributed by atoms with Crippen LogP contribution in [0.3, 0.4) is 0 Å². The van der Waals surface area contributed by atoms with Crippen LogP contribution in [0.1, 0.15) is 40.0 Å². The van der Waals surface area contributed by atoms with Crippen molar-refractivity contribution in [1.29, 1.82) is 0 Å². The number of hydrogen-bond acceptors (Lipinski definition) is 9. The molecule has 0 spiro atoms. The van der Waals surface area contributed by atoms with Gasteiger partial charge in [-0.1, -0.05) is 0 Å². The Morgan fingerprint density at radius 3 is 1.11 bits per heavy atom. The summed E-state index contributed by atoms with van der Waals surface area (Å²) in [5, 5.41) is 0. The Morgan fingerprint density at radius 2 is 0.857 bits per heavy atom. The van der Waals surface area contributed by atoms with Crippen molar-refractivity contribution in [1.82, 2.24) is 0 Å². The van der Waals surface area contributed by atoms with E-state index in [4.69, 9.17) is 24.9 Å². The zero-order valence-corrected chi connectivity index (χ0v) is 20.9. The molecule has 0 aromatic rings. The predicted octanol–water partition coefficient (Wildman–Crippen LogP) is 4.53. The van der Waals surface area contributed by atoms with Crippen molar-refractivity contribution in [2.75, 3.05) is 58.1 Å². The molecule has 0 aliphatic rings. The lowest BCUT2D eigenvalue weighted by molar-refractivity contribution is 0.148. The number of ether oxygens (including phenoxy) is 3. The molecule has 0 saturated heterocycles. The molecule has 0 N–H and O–H groups in total. The van der Waals surface area contributed by atoms with Gasteiger partial charge in [-0.3, -0.25) is 0 Å². The monoisotopic (exact) mass is 477 g/mol. The van der Waals surface area contributed by atoms with Gasteiger partial charge in [0.25, 0.3) is 0 Å². The first-order valence-electron chi connectivity index (χ1n) is 9.60. The minimum Gasteiger partial charge on any atom is -0.382 e. The Hall–Kier alpha value is 0.592. The Bertz CT molecular complexity index is 381. The van der Waals surface area contributed by atoms with Gasteiger partial charge >= 0.3 is 39.2 Å². The maximum Gasteiger partial charge on any atom is 1.04 e. The fraction of sp³-hybridized carbons (Fsp3) is 1.00. The molecule has 0 fully saturated rings. The lowest BCUT2D eigenvalue weighted by Gasteiger charge is -1.97. The molecule has 0 aromatic heterocycles. The standard InChI is InChI=1S/3C5H11O3P.Al/c3*1-2-8-4-3-5-9(6)7;/h3*2-5H2,1H3;/q;;;+3. The maximum atomic E-state index is 12.1. The molecular formula is C15H33AlO9P3+3. The van der Waals surface area contributed by atoms with Crippen LogP contribution in [0.15, 0.2) is 0 Å². The Labute approximate surface area is 176 Å². The summed E-state index contributed by atoms with van der Waals surface area (Å²) in [5.41, 5.74) is 0. The van der Waals surface area contributed by atoms with E-state index in [9.17, 15) is 13.7 Å². The van der Waals surface area contributed by atoms with E-state index in [-0.39, 0.29) is 18.5 Å². The Balaban J connectivity index is 4.44. The summed E-state index contributed by atoms with van der Waals surface area (Å²) >= 11 is -3.06. The van der Waals surface area contributed by atoms with E-state index in [0.717, 1.165) is 0 Å². The molecule has 0 aromatic carbocycles. The van der Waals surface area contributed by atoms with Crippen LogP contribution in [-0.2, 0) is 38.6 Å². The lowest BCUT2D eigenvalue weighted by atomic mass is 10.5. The van der Waals surface area contributed by atoms with Gasteiger partial charge in [0.2, 0.25) is 0 Å². The van der Waals surface area contributed by atoms with Crippen LogP contribution >= 0.6 is 24.1 Å². The average Bonchev–Trinajstić information content (AvgIpc) is 2.66. The second kappa shape index (κ2) is 20.8. The number of rotatable bonds is 21. The molecular weight excluding hydrogens is 444 g/mol. The highest BCUT2D eigenvalue weighted by Crippen LogP contribution is 2.35. The highest BCUT2D eigenvalue weighted by atomic mass is 31.1. The van der Waals surface area contributed by atoms with Crippen molar-refractivity contribution in [2.45, 2.75) is 40.0 Å². The summed E-state index contributed by atoms with van der Waals surface area (Å²) in [6.07, 6.45) is 2.50. The molecule has 3 atom stereocenters. The van der Waals surface area contributed by atoms with Crippen molar-refractivity contribution >= 4 is 39.2 Å². The van der Waals surface area contributed by atoms with Crippen molar-refractivity contribution in [2.24, 2.45) is 0 Å². The van der Waals surface area contributed by atoms with Gasteiger partial charge in [-0.2, -0.15) is 0 Å². The van der Waals surface area contributed by atoms with E-state index in [1.54, 1.807) is 0 Å². The fourth-order valence-electron chi connectivity index (χ4n) is 1.82. The highest BCUT2D eigenvalue weighted by Gasteiger charge is 2.55. The highest BCUT2D eigenvalue weighted by molar-refractivity contribution is 7.44. The van der Waals surface area contributed by atoms with Crippen molar-refractivity contribution in [3.05, 3.63) is 0 Å². The normalized spacial score (nSPS) is 12.8. The Kier molecular flexibility index (Phi) is 21.3. The summed E-state index contributed by atoms with van der Waals surface area (Å²) in [4.78, 5) is 0. The molecule has 0 radical (unpaired) electrons. The maximum absolute atomic E-state index is 12.1. The molecule has 3 unspecified atom stereocenters. The molecule has 0 aliphatic carbocycles. The van der Waals surface area contributed by atoms with Gasteiger partial charge in [-0.05, 0) is 34.5 Å². The molecule has 0 bridgehead atoms. The third-order valence-corrected chi connectivity index (χ3v) is 10.0. The summed E-state index contributed by atoms with van der Waals surface area (Å²) in [6.45, 7) is 8.84. The minimum atomic E-state index is -3.06. The van der Waals surface area contributed by atoms with E-state index in [1.807, 2.05) is 20.8 Å². The van der Waals surface area contributed by atoms with Crippen LogP contribution in [0, 0.1) is 0 Å². The van der Waals surface area contributed by atoms with Crippen molar-refractivity contribution in [3.63, 3.8) is 0 Å². The first kappa shape index (κ1) is 28.6. The third kappa shape index (κ3) is 18.6. The van der Waals surface area contributed by atoms with Gasteiger partial charge in [0.05, 0.1) is 19.8 Å². The van der Waals surface area contributed by atoms with E-state index in [0.29, 0.717) is 58.9 Å². The zero-order chi connectivity index (χ0) is 21.0. The molecule has 0 amide bonds. The fourth-order valence-corrected chi connectivity index (χ4v) is 8.06. The van der Waals surface area contributed by atoms with Crippen LogP contribution in [0.5, 0.6) is 0 Å². The van der Waals surface area contributed by atoms with Gasteiger partial charge < -0.3 is 14.2 Å². The summed E-state index contributed by atoms with van der Waals surface area (Å²) in [6, 6.07) is 0. The quantitative estimate of drug-likeness (QED) is 0.134. The summed E-state index contributed by atoms with van der Waals surface area (Å²) in [5.74, 6) is 0. The van der Waals surface area contributed by atoms with Gasteiger partial charge in [0.15, 0.2) is 18.5 Å². The molecule has 13 heteroatoms. The first-order chi connectivity index (χ1) is 13.5. The van der Waals surface area contributed by atoms with Gasteiger partial charge in [0, 0.05) is 39.1 Å². The van der Waals surface area contributed by atoms with Crippen LogP contribution in [-0.4, -0.2) is 73.3 Å². The largest absolute Gasteiger partial charge is 1.04 e. The SMILES string of the molecule is CCOCCC[P+](=O)[O][Al]([O][P+](=O)CCCOCC)[O][P+](=O)CCCOCC. The van der Waals surface area contributed by atoms with Crippen molar-refractivity contribution in [3.8, 4) is 0 Å². The smallest absolute Gasteiger partial charge is 0.382 e. The van der Waals surface area contributed by atoms with E-state index in [1.165, 1.54) is 0 Å². The predicted molar refractivity (Wildman–Crippen MR) is 110 cm³/mol. The molecule has 28 heavy (non-hydrogen) atoms. The van der Waals surface area contributed by atoms with E-state index >= 15 is 0 Å². The minimum absolute atomic E-state index is 0.272. The molecule has 9 nitrogen and oxygen atoms in total. The zero-order valence-electron chi connectivity index (χ0n) is 17.1. The van der Waals surface area contributed by atoms with Gasteiger partial charge in [0.1, 0.15) is 0 Å². The molecule has 0 saturated carbocycles. The molecule has 0 aliphatic heterocycles. The van der Waals surface area contributed by atoms with Crippen LogP contribution < -0.4 is 0 Å². The van der Waals surface area contributed by atoms with Gasteiger partial charge in [-0.15, -0.1) is 0 Å². The van der Waals surface area contributed by atoms with Gasteiger partial charge in [-0.25, -0.2) is 10.7 Å². The van der Waals surface area contributed by atoms with Crippen molar-refractivity contribution < 1.29 is 38.6 Å². The molecule has 162 valence electrons. The summed E-state index contributed by atoms with van der Waals surface area (Å²) in [7, 11) is -6.18. The second-order valence-electron chi connectivity index (χ2n) is 5.43. The topological polar surface area (TPSA) is 107 Å². The lowest BCUT2D eigenvalue weighted by Crippen LogP contribution is -2.20. The van der Waals surface area contributed by atoms with Crippen LogP contribution in [0.4, 0.5) is 0 Å².